The number of rotatable bonds is 9. The van der Waals surface area contributed by atoms with Crippen LogP contribution in [-0.2, 0) is 11.2 Å². The third kappa shape index (κ3) is 6.71. The summed E-state index contributed by atoms with van der Waals surface area (Å²) in [7, 11) is 0. The second-order valence-electron chi connectivity index (χ2n) is 9.12. The zero-order chi connectivity index (χ0) is 27.2. The van der Waals surface area contributed by atoms with E-state index in [4.69, 9.17) is 23.2 Å². The second-order valence-corrected chi connectivity index (χ2v) is 10.9. The van der Waals surface area contributed by atoms with Crippen molar-refractivity contribution in [1.29, 1.82) is 0 Å². The van der Waals surface area contributed by atoms with Gasteiger partial charge in [-0.1, -0.05) is 125 Å². The molecule has 0 saturated heterocycles. The van der Waals surface area contributed by atoms with E-state index in [1.807, 2.05) is 90.4 Å². The number of carbonyl (C=O) groups is 1. The maximum atomic E-state index is 13.2. The van der Waals surface area contributed by atoms with Crippen LogP contribution in [0, 0.1) is 6.92 Å². The van der Waals surface area contributed by atoms with E-state index in [9.17, 15) is 4.79 Å². The minimum Gasteiger partial charge on any atom is -0.348 e. The Kier molecular flexibility index (Phi) is 8.67. The third-order valence-corrected chi connectivity index (χ3v) is 7.92. The SMILES string of the molecule is Cc1ccc(-c2nnc(SCC(=O)NC(Cc3ccccc3)c3ccccc3)n2-c2ccc(Cl)c(Cl)c2)cc1. The van der Waals surface area contributed by atoms with Crippen molar-refractivity contribution < 1.29 is 4.79 Å². The van der Waals surface area contributed by atoms with Gasteiger partial charge in [0.2, 0.25) is 5.91 Å². The fraction of sp³-hybridized carbons (Fsp3) is 0.129. The number of amides is 1. The molecule has 1 amide bonds. The summed E-state index contributed by atoms with van der Waals surface area (Å²) in [5.41, 5.74) is 5.03. The molecule has 0 fully saturated rings. The van der Waals surface area contributed by atoms with Crippen molar-refractivity contribution in [2.75, 3.05) is 5.75 Å². The average molecular weight is 574 g/mol. The number of aromatic nitrogens is 3. The molecule has 1 aromatic heterocycles. The summed E-state index contributed by atoms with van der Waals surface area (Å²) in [6.07, 6.45) is 0.693. The Morgan fingerprint density at radius 1 is 0.872 bits per heavy atom. The van der Waals surface area contributed by atoms with Crippen LogP contribution in [-0.4, -0.2) is 26.4 Å². The first-order valence-electron chi connectivity index (χ1n) is 12.5. The number of benzene rings is 4. The standard InChI is InChI=1S/C31H26Cl2N4OS/c1-21-12-14-24(15-13-21)30-35-36-31(37(30)25-16-17-26(32)27(33)19-25)39-20-29(38)34-28(23-10-6-3-7-11-23)18-22-8-4-2-5-9-22/h2-17,19,28H,18,20H2,1H3,(H,34,38). The highest BCUT2D eigenvalue weighted by Crippen LogP contribution is 2.31. The van der Waals surface area contributed by atoms with Gasteiger partial charge >= 0.3 is 0 Å². The fourth-order valence-corrected chi connectivity index (χ4v) is 5.32. The van der Waals surface area contributed by atoms with Gasteiger partial charge in [0.05, 0.1) is 27.5 Å². The fourth-order valence-electron chi connectivity index (χ4n) is 4.26. The molecule has 39 heavy (non-hydrogen) atoms. The van der Waals surface area contributed by atoms with Crippen molar-refractivity contribution >= 4 is 40.9 Å². The van der Waals surface area contributed by atoms with Gasteiger partial charge in [0, 0.05) is 5.56 Å². The molecule has 4 aromatic carbocycles. The molecule has 5 aromatic rings. The second kappa shape index (κ2) is 12.5. The monoisotopic (exact) mass is 572 g/mol. The number of hydrogen-bond acceptors (Lipinski definition) is 4. The first-order chi connectivity index (χ1) is 19.0. The number of thioether (sulfide) groups is 1. The smallest absolute Gasteiger partial charge is 0.230 e. The number of carbonyl (C=O) groups excluding carboxylic acids is 1. The Morgan fingerprint density at radius 3 is 2.26 bits per heavy atom. The zero-order valence-corrected chi connectivity index (χ0v) is 23.5. The summed E-state index contributed by atoms with van der Waals surface area (Å²) >= 11 is 13.9. The van der Waals surface area contributed by atoms with E-state index < -0.39 is 0 Å². The van der Waals surface area contributed by atoms with E-state index in [2.05, 4.69) is 27.6 Å². The van der Waals surface area contributed by atoms with Crippen molar-refractivity contribution in [3.8, 4) is 17.1 Å². The van der Waals surface area contributed by atoms with Gasteiger partial charge in [0.25, 0.3) is 0 Å². The number of nitrogens with one attached hydrogen (secondary N) is 1. The Morgan fingerprint density at radius 2 is 1.56 bits per heavy atom. The van der Waals surface area contributed by atoms with Gasteiger partial charge in [0.1, 0.15) is 0 Å². The average Bonchev–Trinajstić information content (AvgIpc) is 3.38. The van der Waals surface area contributed by atoms with Gasteiger partial charge < -0.3 is 5.32 Å². The van der Waals surface area contributed by atoms with Crippen molar-refractivity contribution in [3.05, 3.63) is 130 Å². The summed E-state index contributed by atoms with van der Waals surface area (Å²) in [6.45, 7) is 2.04. The lowest BCUT2D eigenvalue weighted by Gasteiger charge is -2.19. The molecular weight excluding hydrogens is 547 g/mol. The van der Waals surface area contributed by atoms with Gasteiger partial charge in [-0.3, -0.25) is 9.36 Å². The Balaban J connectivity index is 1.39. The zero-order valence-electron chi connectivity index (χ0n) is 21.2. The Hall–Kier alpha value is -3.58. The molecule has 1 N–H and O–H groups in total. The van der Waals surface area contributed by atoms with Crippen LogP contribution < -0.4 is 5.32 Å². The lowest BCUT2D eigenvalue weighted by Crippen LogP contribution is -2.31. The summed E-state index contributed by atoms with van der Waals surface area (Å²) < 4.78 is 1.91. The van der Waals surface area contributed by atoms with Crippen LogP contribution in [0.3, 0.4) is 0 Å². The van der Waals surface area contributed by atoms with Crippen LogP contribution in [0.2, 0.25) is 10.0 Å². The maximum Gasteiger partial charge on any atom is 0.230 e. The minimum absolute atomic E-state index is 0.0923. The number of halogens is 2. The molecule has 0 aliphatic carbocycles. The molecule has 0 saturated carbocycles. The summed E-state index contributed by atoms with van der Waals surface area (Å²) in [6, 6.07) is 33.5. The largest absolute Gasteiger partial charge is 0.348 e. The van der Waals surface area contributed by atoms with Crippen molar-refractivity contribution in [1.82, 2.24) is 20.1 Å². The van der Waals surface area contributed by atoms with Gasteiger partial charge in [-0.25, -0.2) is 0 Å². The predicted octanol–water partition coefficient (Wildman–Crippen LogP) is 7.74. The van der Waals surface area contributed by atoms with Crippen LogP contribution >= 0.6 is 35.0 Å². The van der Waals surface area contributed by atoms with Crippen LogP contribution in [0.15, 0.2) is 108 Å². The third-order valence-electron chi connectivity index (χ3n) is 6.26. The Bertz CT molecular complexity index is 1560. The van der Waals surface area contributed by atoms with Crippen LogP contribution in [0.1, 0.15) is 22.7 Å². The van der Waals surface area contributed by atoms with Crippen LogP contribution in [0.25, 0.3) is 17.1 Å². The molecule has 0 bridgehead atoms. The molecular formula is C31H26Cl2N4OS. The van der Waals surface area contributed by atoms with E-state index >= 15 is 0 Å². The molecule has 1 heterocycles. The van der Waals surface area contributed by atoms with Crippen LogP contribution in [0.4, 0.5) is 0 Å². The maximum absolute atomic E-state index is 13.2. The van der Waals surface area contributed by atoms with Gasteiger partial charge in [-0.2, -0.15) is 0 Å². The predicted molar refractivity (Wildman–Crippen MR) is 160 cm³/mol. The molecule has 5 rings (SSSR count). The van der Waals surface area contributed by atoms with E-state index in [0.29, 0.717) is 27.4 Å². The van der Waals surface area contributed by atoms with E-state index in [1.54, 1.807) is 12.1 Å². The lowest BCUT2D eigenvalue weighted by atomic mass is 9.99. The molecule has 8 heteroatoms. The normalized spacial score (nSPS) is 11.8. The van der Waals surface area contributed by atoms with Crippen molar-refractivity contribution in [2.45, 2.75) is 24.5 Å². The highest BCUT2D eigenvalue weighted by atomic mass is 35.5. The van der Waals surface area contributed by atoms with Crippen LogP contribution in [0.5, 0.6) is 0 Å². The minimum atomic E-state index is -0.155. The summed E-state index contributed by atoms with van der Waals surface area (Å²) in [5.74, 6) is 0.735. The number of aryl methyl sites for hydroxylation is 1. The molecule has 1 unspecified atom stereocenters. The highest BCUT2D eigenvalue weighted by Gasteiger charge is 2.20. The molecule has 0 spiro atoms. The summed E-state index contributed by atoms with van der Waals surface area (Å²) in [5, 5.41) is 13.6. The molecule has 0 aliphatic heterocycles. The van der Waals surface area contributed by atoms with Crippen molar-refractivity contribution in [3.63, 3.8) is 0 Å². The molecule has 0 radical (unpaired) electrons. The lowest BCUT2D eigenvalue weighted by molar-refractivity contribution is -0.119. The quantitative estimate of drug-likeness (QED) is 0.183. The van der Waals surface area contributed by atoms with Gasteiger partial charge in [0.15, 0.2) is 11.0 Å². The molecule has 5 nitrogen and oxygen atoms in total. The topological polar surface area (TPSA) is 59.8 Å². The summed E-state index contributed by atoms with van der Waals surface area (Å²) in [4.78, 5) is 13.2. The Labute approximate surface area is 242 Å². The van der Waals surface area contributed by atoms with Gasteiger partial charge in [-0.15, -0.1) is 10.2 Å². The number of hydrogen-bond donors (Lipinski definition) is 1. The molecule has 0 aliphatic rings. The number of nitrogens with zero attached hydrogens (tertiary/aromatic N) is 3. The van der Waals surface area contributed by atoms with E-state index in [0.717, 1.165) is 27.9 Å². The molecule has 1 atom stereocenters. The van der Waals surface area contributed by atoms with Crippen molar-refractivity contribution in [2.24, 2.45) is 0 Å². The highest BCUT2D eigenvalue weighted by molar-refractivity contribution is 7.99. The molecule has 196 valence electrons. The van der Waals surface area contributed by atoms with E-state index in [1.165, 1.54) is 11.8 Å². The van der Waals surface area contributed by atoms with Gasteiger partial charge in [-0.05, 0) is 42.7 Å². The first kappa shape index (κ1) is 27.0. The van der Waals surface area contributed by atoms with E-state index in [-0.39, 0.29) is 17.7 Å². The first-order valence-corrected chi connectivity index (χ1v) is 14.2.